The number of nitriles is 1. The molecule has 0 saturated carbocycles. The lowest BCUT2D eigenvalue weighted by Gasteiger charge is -2.42. The topological polar surface area (TPSA) is 221 Å². The van der Waals surface area contributed by atoms with Crippen LogP contribution in [0.1, 0.15) is 38.1 Å². The molecule has 0 spiro atoms. The molecule has 1 fully saturated rings. The number of carboxylic acid groups (broad SMARTS) is 3. The highest BCUT2D eigenvalue weighted by Gasteiger charge is 2.40. The predicted octanol–water partition coefficient (Wildman–Crippen LogP) is 0.296. The number of H-pyrrole nitrogens is 1. The number of nitrogens with zero attached hydrogens (tertiary/aromatic N) is 5. The minimum absolute atomic E-state index is 0.0188. The number of carboxylic acids is 3. The molecule has 0 unspecified atom stereocenters. The minimum atomic E-state index is -2.74. The number of aliphatic hydroxyl groups is 1. The normalized spacial score (nSPS) is 19.4. The standard InChI is InChI=1S/C16H20N6O.C6H8O7/c1-11-5-8-22(14(23)3-6-17)9-13(11)21(2)16-12-4-7-18-15(12)19-10-20-16;7-3(8)1-6(13,5(11)12)2-4(9)10/h4,7,10-11,13H,3,5,8-9H2,1-2H3,(H,18,19,20);13H,1-2H2,(H,7,8)(H,9,10)(H,11,12)/t11-,13+;/m1./s1/i2D3,10D;. The molecule has 2 aromatic heterocycles. The summed E-state index contributed by atoms with van der Waals surface area (Å²) in [5, 5.41) is 43.1. The van der Waals surface area contributed by atoms with Crippen LogP contribution in [0.3, 0.4) is 0 Å². The second-order valence-corrected chi connectivity index (χ2v) is 8.24. The number of hydrogen-bond acceptors (Lipinski definition) is 9. The van der Waals surface area contributed by atoms with Crippen LogP contribution in [0.2, 0.25) is 0 Å². The number of anilines is 1. The third-order valence-electron chi connectivity index (χ3n) is 5.63. The first kappa shape index (κ1) is 22.2. The molecular formula is C22H28N6O8. The molecule has 1 aliphatic heterocycles. The van der Waals surface area contributed by atoms with E-state index in [2.05, 4.69) is 15.0 Å². The summed E-state index contributed by atoms with van der Waals surface area (Å²) in [5.74, 6) is -5.20. The number of likely N-dealkylation sites (N-methyl/N-ethyl adjacent to an activating group) is 1. The molecule has 0 aromatic carbocycles. The number of rotatable bonds is 8. The van der Waals surface area contributed by atoms with Gasteiger partial charge in [0.1, 0.15) is 25.6 Å². The molecule has 0 radical (unpaired) electrons. The van der Waals surface area contributed by atoms with Crippen molar-refractivity contribution in [2.45, 2.75) is 44.2 Å². The van der Waals surface area contributed by atoms with Gasteiger partial charge >= 0.3 is 17.9 Å². The van der Waals surface area contributed by atoms with Gasteiger partial charge in [-0.25, -0.2) is 14.8 Å². The van der Waals surface area contributed by atoms with E-state index in [1.807, 2.05) is 13.0 Å². The summed E-state index contributed by atoms with van der Waals surface area (Å²) in [6.45, 7) is 0.0845. The zero-order chi connectivity index (χ0) is 30.4. The van der Waals surface area contributed by atoms with Crippen molar-refractivity contribution in [2.75, 3.05) is 25.0 Å². The molecule has 3 rings (SSSR count). The first-order chi connectivity index (χ1) is 18.5. The van der Waals surface area contributed by atoms with E-state index >= 15 is 0 Å². The van der Waals surface area contributed by atoms with Gasteiger partial charge in [-0.05, 0) is 18.4 Å². The second kappa shape index (κ2) is 11.9. The Balaban J connectivity index is 0.000000366. The zero-order valence-corrected chi connectivity index (χ0v) is 19.2. The van der Waals surface area contributed by atoms with E-state index in [-0.39, 0.29) is 36.9 Å². The van der Waals surface area contributed by atoms with E-state index in [0.717, 1.165) is 0 Å². The van der Waals surface area contributed by atoms with E-state index in [4.69, 9.17) is 31.2 Å². The van der Waals surface area contributed by atoms with Gasteiger partial charge < -0.3 is 35.2 Å². The fourth-order valence-electron chi connectivity index (χ4n) is 3.66. The second-order valence-electron chi connectivity index (χ2n) is 8.24. The Morgan fingerprint density at radius 1 is 1.31 bits per heavy atom. The molecule has 5 N–H and O–H groups in total. The maximum Gasteiger partial charge on any atom is 0.336 e. The van der Waals surface area contributed by atoms with Crippen molar-refractivity contribution in [1.82, 2.24) is 19.9 Å². The smallest absolute Gasteiger partial charge is 0.336 e. The van der Waals surface area contributed by atoms with Gasteiger partial charge in [0.25, 0.3) is 0 Å². The van der Waals surface area contributed by atoms with Crippen LogP contribution in [0.15, 0.2) is 18.6 Å². The first-order valence-electron chi connectivity index (χ1n) is 12.6. The highest BCUT2D eigenvalue weighted by Crippen LogP contribution is 2.28. The molecule has 1 saturated heterocycles. The number of nitrogens with one attached hydrogen (secondary N) is 1. The van der Waals surface area contributed by atoms with Gasteiger partial charge in [0.15, 0.2) is 5.60 Å². The average Bonchev–Trinajstić information content (AvgIpc) is 3.27. The van der Waals surface area contributed by atoms with Crippen LogP contribution in [0.4, 0.5) is 5.82 Å². The van der Waals surface area contributed by atoms with Crippen LogP contribution in [0.25, 0.3) is 11.0 Å². The Morgan fingerprint density at radius 3 is 2.53 bits per heavy atom. The Hall–Kier alpha value is -4.25. The zero-order valence-electron chi connectivity index (χ0n) is 23.2. The number of hydrogen-bond donors (Lipinski definition) is 5. The highest BCUT2D eigenvalue weighted by atomic mass is 16.4. The predicted molar refractivity (Wildman–Crippen MR) is 124 cm³/mol. The quantitative estimate of drug-likeness (QED) is 0.325. The molecule has 2 atom stereocenters. The van der Waals surface area contributed by atoms with E-state index in [1.54, 1.807) is 12.3 Å². The van der Waals surface area contributed by atoms with Crippen molar-refractivity contribution in [2.24, 2.45) is 5.92 Å². The number of amides is 1. The average molecular weight is 509 g/mol. The van der Waals surface area contributed by atoms with Gasteiger partial charge in [0.05, 0.1) is 30.3 Å². The van der Waals surface area contributed by atoms with Crippen molar-refractivity contribution < 1.29 is 45.1 Å². The summed E-state index contributed by atoms with van der Waals surface area (Å²) < 4.78 is 32.1. The molecule has 1 aliphatic rings. The molecule has 3 heterocycles. The van der Waals surface area contributed by atoms with Gasteiger partial charge in [-0.3, -0.25) is 14.4 Å². The van der Waals surface area contributed by atoms with Crippen LogP contribution >= 0.6 is 0 Å². The fraction of sp³-hybridized carbons (Fsp3) is 0.500. The van der Waals surface area contributed by atoms with Gasteiger partial charge in [0.2, 0.25) is 5.91 Å². The van der Waals surface area contributed by atoms with Crippen LogP contribution < -0.4 is 4.90 Å². The number of aliphatic carboxylic acids is 3. The van der Waals surface area contributed by atoms with Crippen LogP contribution in [-0.2, 0) is 19.2 Å². The van der Waals surface area contributed by atoms with Crippen molar-refractivity contribution >= 4 is 40.7 Å². The SMILES string of the molecule is O=C(O)CC(O)(CC(=O)O)C(=O)O.[2H]c1nc(N([C@H]2CN(C(=O)CC#N)CC[C@H]2C)C([2H])([2H])[2H])c2cc[nH]c2n1. The number of aromatic nitrogens is 3. The lowest BCUT2D eigenvalue weighted by atomic mass is 9.92. The summed E-state index contributed by atoms with van der Waals surface area (Å²) in [4.78, 5) is 56.4. The van der Waals surface area contributed by atoms with E-state index in [0.29, 0.717) is 24.0 Å². The highest BCUT2D eigenvalue weighted by molar-refractivity contribution is 5.88. The van der Waals surface area contributed by atoms with Crippen molar-refractivity contribution in [3.8, 4) is 6.07 Å². The number of aromatic amines is 1. The van der Waals surface area contributed by atoms with Crippen molar-refractivity contribution in [3.63, 3.8) is 0 Å². The number of carbonyl (C=O) groups excluding carboxylic acids is 1. The number of fused-ring (bicyclic) bond motifs is 1. The molecular weight excluding hydrogens is 476 g/mol. The molecule has 1 amide bonds. The molecule has 0 bridgehead atoms. The molecule has 2 aromatic rings. The summed E-state index contributed by atoms with van der Waals surface area (Å²) in [7, 11) is 0. The summed E-state index contributed by atoms with van der Waals surface area (Å²) in [6, 6.07) is 2.99. The first-order valence-corrected chi connectivity index (χ1v) is 10.6. The summed E-state index contributed by atoms with van der Waals surface area (Å²) in [6.07, 6.45) is -0.573. The third kappa shape index (κ3) is 6.89. The summed E-state index contributed by atoms with van der Waals surface area (Å²) in [5.41, 5.74) is -2.35. The minimum Gasteiger partial charge on any atom is -0.481 e. The molecule has 14 nitrogen and oxygen atoms in total. The number of carbonyl (C=O) groups is 4. The largest absolute Gasteiger partial charge is 0.481 e. The molecule has 194 valence electrons. The van der Waals surface area contributed by atoms with E-state index in [9.17, 15) is 19.2 Å². The van der Waals surface area contributed by atoms with Gasteiger partial charge in [-0.15, -0.1) is 0 Å². The maximum atomic E-state index is 12.2. The third-order valence-corrected chi connectivity index (χ3v) is 5.63. The number of likely N-dealkylation sites (tertiary alicyclic amines) is 1. The Bertz CT molecular complexity index is 1290. The Labute approximate surface area is 211 Å². The van der Waals surface area contributed by atoms with Gasteiger partial charge in [-0.2, -0.15) is 5.26 Å². The maximum absolute atomic E-state index is 12.2. The van der Waals surface area contributed by atoms with Crippen LogP contribution in [-0.4, -0.2) is 95.8 Å². The Morgan fingerprint density at radius 2 is 1.97 bits per heavy atom. The molecule has 36 heavy (non-hydrogen) atoms. The van der Waals surface area contributed by atoms with Crippen LogP contribution in [0, 0.1) is 17.2 Å². The monoisotopic (exact) mass is 508 g/mol. The summed E-state index contributed by atoms with van der Waals surface area (Å²) >= 11 is 0. The lowest BCUT2D eigenvalue weighted by molar-refractivity contribution is -0.170. The van der Waals surface area contributed by atoms with E-state index < -0.39 is 49.4 Å². The lowest BCUT2D eigenvalue weighted by Crippen LogP contribution is -2.52. The molecule has 14 heteroatoms. The Kier molecular flexibility index (Phi) is 7.37. The van der Waals surface area contributed by atoms with Gasteiger partial charge in [-0.1, -0.05) is 6.92 Å². The number of piperidine rings is 1. The van der Waals surface area contributed by atoms with Crippen molar-refractivity contribution in [3.05, 3.63) is 18.6 Å². The molecule has 0 aliphatic carbocycles. The van der Waals surface area contributed by atoms with Gasteiger partial charge in [0, 0.05) is 30.4 Å². The van der Waals surface area contributed by atoms with E-state index in [1.165, 1.54) is 9.80 Å². The van der Waals surface area contributed by atoms with Crippen LogP contribution in [0.5, 0.6) is 0 Å². The van der Waals surface area contributed by atoms with Crippen molar-refractivity contribution in [1.29, 1.82) is 5.26 Å². The fourth-order valence-corrected chi connectivity index (χ4v) is 3.66.